The molecular weight excluding hydrogens is 993 g/mol. The Morgan fingerprint density at radius 1 is 0.909 bits per heavy atom. The lowest BCUT2D eigenvalue weighted by atomic mass is 9.51. The number of hydrogen-bond donors (Lipinski definition) is 4. The fraction of sp³-hybridized carbons (Fsp3) is 0.525. The molecule has 6 aliphatic heterocycles. The molecule has 18 nitrogen and oxygen atoms in total. The van der Waals surface area contributed by atoms with Crippen molar-refractivity contribution in [1.82, 2.24) is 10.6 Å². The average Bonchev–Trinajstić information content (AvgIpc) is 3.62. The summed E-state index contributed by atoms with van der Waals surface area (Å²) in [6.45, 7) is 18.7. The Labute approximate surface area is 447 Å². The molecule has 11 rings (SSSR count). The number of hydrogen-bond acceptors (Lipinski definition) is 16. The minimum absolute atomic E-state index is 0.0328. The zero-order valence-electron chi connectivity index (χ0n) is 45.2. The van der Waals surface area contributed by atoms with Gasteiger partial charge in [0.25, 0.3) is 0 Å². The topological polar surface area (TPSA) is 241 Å². The zero-order valence-corrected chi connectivity index (χ0v) is 45.2. The third-order valence-electron chi connectivity index (χ3n) is 16.2. The molecule has 0 radical (unpaired) electrons. The number of ether oxygens (including phenoxy) is 8. The Morgan fingerprint density at radius 2 is 1.64 bits per heavy atom. The number of allylic oxidation sites excluding steroid dienone is 5. The molecule has 5 fully saturated rings. The van der Waals surface area contributed by atoms with Crippen molar-refractivity contribution in [1.29, 1.82) is 0 Å². The second kappa shape index (κ2) is 19.6. The van der Waals surface area contributed by atoms with Gasteiger partial charge >= 0.3 is 5.97 Å². The molecule has 1 saturated carbocycles. The van der Waals surface area contributed by atoms with Crippen LogP contribution in [0.2, 0.25) is 0 Å². The van der Waals surface area contributed by atoms with Gasteiger partial charge in [0.1, 0.15) is 58.9 Å². The third kappa shape index (κ3) is 9.37. The fourth-order valence-electron chi connectivity index (χ4n) is 12.3. The van der Waals surface area contributed by atoms with E-state index in [0.29, 0.717) is 36.1 Å². The summed E-state index contributed by atoms with van der Waals surface area (Å²) in [4.78, 5) is 83.8. The Morgan fingerprint density at radius 3 is 2.34 bits per heavy atom. The number of esters is 1. The van der Waals surface area contributed by atoms with Gasteiger partial charge in [-0.2, -0.15) is 0 Å². The molecule has 410 valence electrons. The van der Waals surface area contributed by atoms with Gasteiger partial charge in [0, 0.05) is 41.4 Å². The number of imide groups is 1. The van der Waals surface area contributed by atoms with Gasteiger partial charge in [-0.25, -0.2) is 4.79 Å². The first kappa shape index (κ1) is 54.1. The highest BCUT2D eigenvalue weighted by molar-refractivity contribution is 6.19. The van der Waals surface area contributed by atoms with E-state index >= 15 is 9.59 Å². The van der Waals surface area contributed by atoms with Crippen LogP contribution in [0.25, 0.3) is 6.08 Å². The summed E-state index contributed by atoms with van der Waals surface area (Å²) in [5.41, 5.74) is -2.13. The van der Waals surface area contributed by atoms with Crippen LogP contribution in [0, 0.1) is 11.8 Å². The molecule has 3 aliphatic carbocycles. The predicted octanol–water partition coefficient (Wildman–Crippen LogP) is 6.57. The van der Waals surface area contributed by atoms with Crippen molar-refractivity contribution < 1.29 is 76.9 Å². The van der Waals surface area contributed by atoms with Gasteiger partial charge in [0.15, 0.2) is 34.3 Å². The quantitative estimate of drug-likeness (QED) is 0.0546. The summed E-state index contributed by atoms with van der Waals surface area (Å²) in [6.07, 6.45) is 7.16. The molecule has 6 heterocycles. The number of aliphatic hydroxyl groups is 2. The van der Waals surface area contributed by atoms with E-state index < -0.39 is 106 Å². The highest BCUT2D eigenvalue weighted by Gasteiger charge is 2.81. The molecule has 6 unspecified atom stereocenters. The van der Waals surface area contributed by atoms with Crippen LogP contribution in [0.4, 0.5) is 0 Å². The standard InChI is InChI=1S/C59H68N2O16/c1-29(2)12-11-23-57(10)24-22-36-46(75-57)35(18-13-30(3)4)48-42(47(36)73-53(69)32-14-16-34(17-15-32)71-54-45(65)44(64)49-39(72-54)28-70-56(8,9)74-49)43(63)37-26-33-27-40-55(6,7)77-58(50(33)66,59(37,40)76-48)25-21-31(5)51(67)60-38-19-20-41(62)61-52(38)68/h12-17,21-22,24,26,33,38-40,44-45,49,54,64-65H,11,18-20,23,25,27-28H2,1-10H3,(H,60,67)(H,61,62,68)/b31-21-/t33?,38?,39-,40?,44+,45-,49-,54-,57?,58?,59?/m1/s1. The minimum Gasteiger partial charge on any atom is -0.482 e. The van der Waals surface area contributed by atoms with Crippen LogP contribution in [0.1, 0.15) is 140 Å². The molecule has 11 atom stereocenters. The number of Topliss-reactive ketones (excluding diaryl/α,β-unsaturated/α-hetero) is 2. The SMILES string of the molecule is CC(C)=CCCC1(C)C=Cc2c(c(CC=C(C)C)c3c(c2OC(=O)c2ccc(O[C@@H]4O[C@@H]5COC(C)(C)O[C@H]5[C@@H](O)[C@H]4O)cc2)C(=O)C2=CC4CC5C(C)(C)OC(C/C=C(/C)C(=O)NC6CCC(=O)NC6=O)(C4=O)C25O3)O1. The molecule has 9 aliphatic rings. The van der Waals surface area contributed by atoms with E-state index in [9.17, 15) is 29.4 Å². The van der Waals surface area contributed by atoms with E-state index in [2.05, 4.69) is 16.7 Å². The molecule has 2 aromatic carbocycles. The molecule has 0 aromatic heterocycles. The first-order valence-electron chi connectivity index (χ1n) is 26.5. The summed E-state index contributed by atoms with van der Waals surface area (Å²) < 4.78 is 51.6. The Kier molecular flexibility index (Phi) is 13.7. The highest BCUT2D eigenvalue weighted by Crippen LogP contribution is 2.69. The van der Waals surface area contributed by atoms with E-state index in [1.54, 1.807) is 32.9 Å². The number of ketones is 2. The second-order valence-electron chi connectivity index (χ2n) is 23.3. The Balaban J connectivity index is 1.04. The maximum absolute atomic E-state index is 16.0. The van der Waals surface area contributed by atoms with Crippen LogP contribution in [0.5, 0.6) is 23.0 Å². The van der Waals surface area contributed by atoms with E-state index in [4.69, 9.17) is 37.9 Å². The van der Waals surface area contributed by atoms with Gasteiger partial charge in [-0.15, -0.1) is 0 Å². The van der Waals surface area contributed by atoms with Gasteiger partial charge in [-0.1, -0.05) is 35.5 Å². The van der Waals surface area contributed by atoms with Crippen molar-refractivity contribution in [2.24, 2.45) is 11.8 Å². The first-order chi connectivity index (χ1) is 36.3. The van der Waals surface area contributed by atoms with Crippen LogP contribution < -0.4 is 29.6 Å². The molecule has 4 bridgehead atoms. The lowest BCUT2D eigenvalue weighted by Gasteiger charge is -2.56. The third-order valence-corrected chi connectivity index (χ3v) is 16.2. The van der Waals surface area contributed by atoms with E-state index in [1.165, 1.54) is 24.3 Å². The van der Waals surface area contributed by atoms with Crippen LogP contribution in [-0.2, 0) is 44.5 Å². The number of piperidine rings is 1. The summed E-state index contributed by atoms with van der Waals surface area (Å²) in [7, 11) is 0. The Hall–Kier alpha value is -6.28. The van der Waals surface area contributed by atoms with Gasteiger partial charge < -0.3 is 53.4 Å². The van der Waals surface area contributed by atoms with Crippen LogP contribution in [0.3, 0.4) is 0 Å². The highest BCUT2D eigenvalue weighted by atomic mass is 16.8. The predicted molar refractivity (Wildman–Crippen MR) is 277 cm³/mol. The smallest absolute Gasteiger partial charge is 0.343 e. The van der Waals surface area contributed by atoms with Gasteiger partial charge in [0.05, 0.1) is 23.3 Å². The van der Waals surface area contributed by atoms with Crippen LogP contribution in [0.15, 0.2) is 76.9 Å². The average molecular weight is 1060 g/mol. The zero-order chi connectivity index (χ0) is 55.3. The number of fused-ring (bicyclic) bond motifs is 3. The molecule has 4 N–H and O–H groups in total. The van der Waals surface area contributed by atoms with E-state index in [-0.39, 0.29) is 77.6 Å². The Bertz CT molecular complexity index is 3010. The largest absolute Gasteiger partial charge is 0.482 e. The van der Waals surface area contributed by atoms with Gasteiger partial charge in [-0.3, -0.25) is 29.3 Å². The molecule has 18 heteroatoms. The van der Waals surface area contributed by atoms with Crippen molar-refractivity contribution in [2.75, 3.05) is 6.61 Å². The van der Waals surface area contributed by atoms with Gasteiger partial charge in [0.2, 0.25) is 24.0 Å². The minimum atomic E-state index is -1.82. The molecule has 1 spiro atoms. The summed E-state index contributed by atoms with van der Waals surface area (Å²) in [5.74, 6) is -5.10. The maximum Gasteiger partial charge on any atom is 0.343 e. The number of rotatable bonds is 13. The van der Waals surface area contributed by atoms with Crippen LogP contribution >= 0.6 is 0 Å². The summed E-state index contributed by atoms with van der Waals surface area (Å²) >= 11 is 0. The van der Waals surface area contributed by atoms with E-state index in [0.717, 1.165) is 11.1 Å². The molecule has 2 aromatic rings. The normalized spacial score (nSPS) is 32.9. The van der Waals surface area contributed by atoms with Crippen molar-refractivity contribution in [3.8, 4) is 23.0 Å². The number of carbonyl (C=O) groups is 6. The maximum atomic E-state index is 16.0. The van der Waals surface area contributed by atoms with Crippen molar-refractivity contribution in [3.05, 3.63) is 99.2 Å². The summed E-state index contributed by atoms with van der Waals surface area (Å²) in [6, 6.07) is 4.95. The number of carbonyl (C=O) groups excluding carboxylic acids is 6. The van der Waals surface area contributed by atoms with Crippen molar-refractivity contribution in [2.45, 2.75) is 179 Å². The lowest BCUT2D eigenvalue weighted by molar-refractivity contribution is -0.373. The molecule has 4 saturated heterocycles. The monoisotopic (exact) mass is 1060 g/mol. The number of benzene rings is 2. The van der Waals surface area contributed by atoms with Crippen LogP contribution in [-0.4, -0.2) is 117 Å². The fourth-order valence-corrected chi connectivity index (χ4v) is 12.3. The first-order valence-corrected chi connectivity index (χ1v) is 26.5. The number of amides is 3. The number of aliphatic hydroxyl groups excluding tert-OH is 2. The molecular formula is C59H68N2O16. The van der Waals surface area contributed by atoms with Crippen molar-refractivity contribution >= 4 is 41.3 Å². The van der Waals surface area contributed by atoms with Crippen molar-refractivity contribution in [3.63, 3.8) is 0 Å². The summed E-state index contributed by atoms with van der Waals surface area (Å²) in [5, 5.41) is 27.0. The van der Waals surface area contributed by atoms with Gasteiger partial charge in [-0.05, 0) is 138 Å². The second-order valence-corrected chi connectivity index (χ2v) is 23.3. The molecule has 3 amide bonds. The number of nitrogens with one attached hydrogen (secondary N) is 2. The molecule has 77 heavy (non-hydrogen) atoms. The lowest BCUT2D eigenvalue weighted by Crippen LogP contribution is -2.72. The van der Waals surface area contributed by atoms with E-state index in [1.807, 2.05) is 66.7 Å².